The van der Waals surface area contributed by atoms with Gasteiger partial charge in [0.2, 0.25) is 0 Å². The van der Waals surface area contributed by atoms with Crippen LogP contribution in [-0.2, 0) is 6.54 Å². The van der Waals surface area contributed by atoms with E-state index in [2.05, 4.69) is 10.5 Å². The molecule has 1 aromatic rings. The van der Waals surface area contributed by atoms with Gasteiger partial charge in [-0.25, -0.2) is 4.39 Å². The van der Waals surface area contributed by atoms with E-state index in [0.717, 1.165) is 6.07 Å². The normalized spacial score (nSPS) is 12.7. The van der Waals surface area contributed by atoms with E-state index in [-0.39, 0.29) is 47.6 Å². The number of thioether (sulfide) groups is 1. The molecule has 1 rings (SSSR count). The lowest BCUT2D eigenvalue weighted by atomic mass is 10.1. The van der Waals surface area contributed by atoms with Gasteiger partial charge in [0.25, 0.3) is 0 Å². The van der Waals surface area contributed by atoms with Gasteiger partial charge in [0.05, 0.1) is 0 Å². The quantitative estimate of drug-likeness (QED) is 0.188. The Kier molecular flexibility index (Phi) is 6.08. The SMILES string of the molecule is N/C(=N/O)c1ccc(CNCCSC(F)(F)F)c(F)c1. The highest BCUT2D eigenvalue weighted by Gasteiger charge is 2.27. The summed E-state index contributed by atoms with van der Waals surface area (Å²) >= 11 is -0.134. The number of nitrogens with two attached hydrogens (primary N) is 1. The molecule has 4 N–H and O–H groups in total. The second-order valence-corrected chi connectivity index (χ2v) is 4.92. The molecule has 0 spiro atoms. The van der Waals surface area contributed by atoms with Gasteiger partial charge in [-0.1, -0.05) is 17.3 Å². The van der Waals surface area contributed by atoms with Crippen molar-refractivity contribution in [1.82, 2.24) is 5.32 Å². The molecule has 0 aliphatic heterocycles. The number of oxime groups is 1. The van der Waals surface area contributed by atoms with Crippen molar-refractivity contribution in [2.75, 3.05) is 12.3 Å². The van der Waals surface area contributed by atoms with Crippen molar-refractivity contribution in [2.24, 2.45) is 10.9 Å². The standard InChI is InChI=1S/C11H13F4N3OS/c12-9-5-7(10(16)18-19)1-2-8(9)6-17-3-4-20-11(13,14)15/h1-2,5,17,19H,3-4,6H2,(H2,16,18). The van der Waals surface area contributed by atoms with Crippen molar-refractivity contribution in [3.8, 4) is 0 Å². The maximum absolute atomic E-state index is 13.6. The predicted octanol–water partition coefficient (Wildman–Crippen LogP) is 2.26. The molecule has 0 aromatic heterocycles. The maximum Gasteiger partial charge on any atom is 0.441 e. The first-order valence-corrected chi connectivity index (χ1v) is 6.50. The summed E-state index contributed by atoms with van der Waals surface area (Å²) in [6.07, 6.45) is 0. The van der Waals surface area contributed by atoms with E-state index in [1.165, 1.54) is 12.1 Å². The van der Waals surface area contributed by atoms with Gasteiger partial charge in [-0.15, -0.1) is 0 Å². The monoisotopic (exact) mass is 311 g/mol. The van der Waals surface area contributed by atoms with Gasteiger partial charge in [0, 0.05) is 30.0 Å². The number of amidine groups is 1. The number of nitrogens with zero attached hydrogens (tertiary/aromatic N) is 1. The molecule has 112 valence electrons. The van der Waals surface area contributed by atoms with Gasteiger partial charge in [-0.2, -0.15) is 13.2 Å². The number of rotatable bonds is 6. The summed E-state index contributed by atoms with van der Waals surface area (Å²) in [7, 11) is 0. The third-order valence-electron chi connectivity index (χ3n) is 2.32. The third-order valence-corrected chi connectivity index (χ3v) is 3.05. The first kappa shape index (κ1) is 16.6. The summed E-state index contributed by atoms with van der Waals surface area (Å²) in [6, 6.07) is 3.97. The highest BCUT2D eigenvalue weighted by molar-refractivity contribution is 8.00. The van der Waals surface area contributed by atoms with Gasteiger partial charge in [0.15, 0.2) is 5.84 Å². The summed E-state index contributed by atoms with van der Waals surface area (Å²) in [4.78, 5) is 0. The number of alkyl halides is 3. The molecule has 4 nitrogen and oxygen atoms in total. The fourth-order valence-corrected chi connectivity index (χ4v) is 1.85. The number of hydrogen-bond donors (Lipinski definition) is 3. The highest BCUT2D eigenvalue weighted by atomic mass is 32.2. The van der Waals surface area contributed by atoms with Crippen LogP contribution in [0.3, 0.4) is 0 Å². The summed E-state index contributed by atoms with van der Waals surface area (Å²) in [5.74, 6) is -0.942. The Labute approximate surface area is 117 Å². The molecule has 0 radical (unpaired) electrons. The Morgan fingerprint density at radius 2 is 2.10 bits per heavy atom. The van der Waals surface area contributed by atoms with Crippen molar-refractivity contribution < 1.29 is 22.8 Å². The first-order chi connectivity index (χ1) is 9.33. The smallest absolute Gasteiger partial charge is 0.409 e. The van der Waals surface area contributed by atoms with Gasteiger partial charge in [-0.3, -0.25) is 0 Å². The molecule has 0 aliphatic carbocycles. The van der Waals surface area contributed by atoms with Crippen molar-refractivity contribution in [1.29, 1.82) is 0 Å². The third kappa shape index (κ3) is 5.66. The van der Waals surface area contributed by atoms with Crippen LogP contribution < -0.4 is 11.1 Å². The zero-order chi connectivity index (χ0) is 15.2. The van der Waals surface area contributed by atoms with Crippen LogP contribution >= 0.6 is 11.8 Å². The van der Waals surface area contributed by atoms with Crippen LogP contribution in [0.1, 0.15) is 11.1 Å². The Morgan fingerprint density at radius 1 is 1.40 bits per heavy atom. The van der Waals surface area contributed by atoms with Crippen molar-refractivity contribution in [3.63, 3.8) is 0 Å². The molecule has 0 saturated heterocycles. The molecule has 0 fully saturated rings. The minimum atomic E-state index is -4.25. The Balaban J connectivity index is 2.45. The summed E-state index contributed by atoms with van der Waals surface area (Å²) in [5, 5.41) is 13.9. The minimum absolute atomic E-state index is 0.0979. The van der Waals surface area contributed by atoms with Crippen LogP contribution in [0.4, 0.5) is 17.6 Å². The molecule has 0 unspecified atom stereocenters. The predicted molar refractivity (Wildman–Crippen MR) is 69.1 cm³/mol. The first-order valence-electron chi connectivity index (χ1n) is 5.51. The van der Waals surface area contributed by atoms with E-state index in [1.807, 2.05) is 0 Å². The average Bonchev–Trinajstić information content (AvgIpc) is 2.37. The van der Waals surface area contributed by atoms with Crippen molar-refractivity contribution in [3.05, 3.63) is 35.1 Å². The lowest BCUT2D eigenvalue weighted by molar-refractivity contribution is -0.0327. The Bertz CT molecular complexity index is 479. The summed E-state index contributed by atoms with van der Waals surface area (Å²) in [6.45, 7) is 0.201. The van der Waals surface area contributed by atoms with Gasteiger partial charge >= 0.3 is 5.51 Å². The van der Waals surface area contributed by atoms with E-state index >= 15 is 0 Å². The van der Waals surface area contributed by atoms with Gasteiger partial charge in [-0.05, 0) is 17.8 Å². The highest BCUT2D eigenvalue weighted by Crippen LogP contribution is 2.29. The van der Waals surface area contributed by atoms with Crippen LogP contribution in [0, 0.1) is 5.82 Å². The average molecular weight is 311 g/mol. The largest absolute Gasteiger partial charge is 0.441 e. The number of hydrogen-bond acceptors (Lipinski definition) is 4. The lowest BCUT2D eigenvalue weighted by Gasteiger charge is -2.08. The molecule has 0 aliphatic rings. The molecule has 0 atom stereocenters. The van der Waals surface area contributed by atoms with Crippen LogP contribution in [0.5, 0.6) is 0 Å². The number of nitrogens with one attached hydrogen (secondary N) is 1. The topological polar surface area (TPSA) is 70.6 Å². The van der Waals surface area contributed by atoms with E-state index in [4.69, 9.17) is 10.9 Å². The minimum Gasteiger partial charge on any atom is -0.409 e. The zero-order valence-electron chi connectivity index (χ0n) is 10.2. The van der Waals surface area contributed by atoms with Gasteiger partial charge in [0.1, 0.15) is 5.82 Å². The van der Waals surface area contributed by atoms with E-state index in [1.54, 1.807) is 0 Å². The molecule has 0 heterocycles. The molecular weight excluding hydrogens is 298 g/mol. The fourth-order valence-electron chi connectivity index (χ4n) is 1.37. The van der Waals surface area contributed by atoms with Crippen LogP contribution in [0.25, 0.3) is 0 Å². The molecule has 1 aromatic carbocycles. The molecule has 0 amide bonds. The molecule has 0 saturated carbocycles. The fraction of sp³-hybridized carbons (Fsp3) is 0.364. The van der Waals surface area contributed by atoms with Crippen LogP contribution in [0.2, 0.25) is 0 Å². The lowest BCUT2D eigenvalue weighted by Crippen LogP contribution is -2.19. The molecule has 9 heteroatoms. The van der Waals surface area contributed by atoms with Crippen LogP contribution in [-0.4, -0.2) is 28.8 Å². The van der Waals surface area contributed by atoms with Crippen molar-refractivity contribution >= 4 is 17.6 Å². The zero-order valence-corrected chi connectivity index (χ0v) is 11.1. The molecule has 20 heavy (non-hydrogen) atoms. The van der Waals surface area contributed by atoms with E-state index in [9.17, 15) is 17.6 Å². The number of halogens is 4. The number of benzene rings is 1. The summed E-state index contributed by atoms with van der Waals surface area (Å²) < 4.78 is 49.2. The summed E-state index contributed by atoms with van der Waals surface area (Å²) in [5.41, 5.74) is 1.56. The maximum atomic E-state index is 13.6. The Morgan fingerprint density at radius 3 is 2.65 bits per heavy atom. The molecular formula is C11H13F4N3OS. The van der Waals surface area contributed by atoms with Crippen LogP contribution in [0.15, 0.2) is 23.4 Å². The van der Waals surface area contributed by atoms with Gasteiger partial charge < -0.3 is 16.3 Å². The van der Waals surface area contributed by atoms with Crippen molar-refractivity contribution in [2.45, 2.75) is 12.1 Å². The van der Waals surface area contributed by atoms with E-state index < -0.39 is 11.3 Å². The second-order valence-electron chi connectivity index (χ2n) is 3.76. The Hall–Kier alpha value is -1.48. The van der Waals surface area contributed by atoms with E-state index in [0.29, 0.717) is 0 Å². The second kappa shape index (κ2) is 7.34. The molecule has 0 bridgehead atoms.